The monoisotopic (exact) mass is 527 g/mol. The Hall–Kier alpha value is -2.51. The fraction of sp³-hybridized carbons (Fsp3) is 0.586. The van der Waals surface area contributed by atoms with Gasteiger partial charge in [0.2, 0.25) is 0 Å². The number of benzene rings is 1. The van der Waals surface area contributed by atoms with Crippen LogP contribution in [0.15, 0.2) is 12.1 Å². The summed E-state index contributed by atoms with van der Waals surface area (Å²) in [6.07, 6.45) is 1.46. The number of rotatable bonds is 2. The molecule has 2 fully saturated rings. The Morgan fingerprint density at radius 2 is 1.89 bits per heavy atom. The van der Waals surface area contributed by atoms with Crippen LogP contribution >= 0.6 is 11.6 Å². The third-order valence-electron chi connectivity index (χ3n) is 7.75. The van der Waals surface area contributed by atoms with Gasteiger partial charge in [-0.1, -0.05) is 11.6 Å². The van der Waals surface area contributed by atoms with Crippen molar-refractivity contribution in [1.82, 2.24) is 9.88 Å². The Balaban J connectivity index is 1.49. The zero-order valence-corrected chi connectivity index (χ0v) is 23.8. The fourth-order valence-corrected chi connectivity index (χ4v) is 6.19. The van der Waals surface area contributed by atoms with Gasteiger partial charge in [-0.05, 0) is 83.7 Å². The van der Waals surface area contributed by atoms with Crippen LogP contribution in [-0.4, -0.2) is 58.5 Å². The molecule has 1 aromatic carbocycles. The van der Waals surface area contributed by atoms with E-state index in [0.717, 1.165) is 58.8 Å². The van der Waals surface area contributed by atoms with Crippen molar-refractivity contribution in [3.05, 3.63) is 39.5 Å². The van der Waals surface area contributed by atoms with E-state index in [9.17, 15) is 9.90 Å². The Kier molecular flexibility index (Phi) is 6.19. The summed E-state index contributed by atoms with van der Waals surface area (Å²) in [4.78, 5) is 21.9. The summed E-state index contributed by atoms with van der Waals surface area (Å²) >= 11 is 6.82. The van der Waals surface area contributed by atoms with E-state index in [0.29, 0.717) is 31.1 Å². The third-order valence-corrected chi connectivity index (χ3v) is 8.25. The van der Waals surface area contributed by atoms with E-state index >= 15 is 0 Å². The molecular weight excluding hydrogens is 490 g/mol. The van der Waals surface area contributed by atoms with E-state index < -0.39 is 5.60 Å². The summed E-state index contributed by atoms with van der Waals surface area (Å²) < 4.78 is 11.8. The number of hydrogen-bond donors (Lipinski definition) is 1. The first-order chi connectivity index (χ1) is 17.2. The van der Waals surface area contributed by atoms with Crippen molar-refractivity contribution in [3.8, 4) is 16.9 Å². The molecule has 0 bridgehead atoms. The van der Waals surface area contributed by atoms with Gasteiger partial charge in [0.15, 0.2) is 0 Å². The van der Waals surface area contributed by atoms with Gasteiger partial charge in [-0.3, -0.25) is 0 Å². The maximum atomic E-state index is 12.5. The predicted octanol–water partition coefficient (Wildman–Crippen LogP) is 6.02. The van der Waals surface area contributed by atoms with Gasteiger partial charge in [0.05, 0.1) is 22.9 Å². The van der Waals surface area contributed by atoms with Crippen molar-refractivity contribution in [2.24, 2.45) is 5.41 Å². The molecule has 2 aromatic rings. The molecule has 0 saturated carbocycles. The first kappa shape index (κ1) is 26.1. The highest BCUT2D eigenvalue weighted by atomic mass is 35.5. The average molecular weight is 528 g/mol. The summed E-state index contributed by atoms with van der Waals surface area (Å²) in [5.41, 5.74) is 5.00. The first-order valence-corrected chi connectivity index (χ1v) is 13.4. The number of aromatic nitrogens is 1. The largest absolute Gasteiger partial charge is 0.508 e. The van der Waals surface area contributed by atoms with Crippen LogP contribution in [0.25, 0.3) is 11.1 Å². The van der Waals surface area contributed by atoms with Gasteiger partial charge < -0.3 is 24.4 Å². The van der Waals surface area contributed by atoms with Gasteiger partial charge in [0.1, 0.15) is 17.2 Å². The number of ether oxygens (including phenoxy) is 2. The summed E-state index contributed by atoms with van der Waals surface area (Å²) in [7, 11) is 0. The number of aromatic hydroxyl groups is 1. The van der Waals surface area contributed by atoms with Crippen LogP contribution in [0.4, 0.5) is 10.6 Å². The molecule has 4 heterocycles. The molecule has 7 nitrogen and oxygen atoms in total. The number of fused-ring (bicyclic) bond motifs is 1. The van der Waals surface area contributed by atoms with E-state index in [1.165, 1.54) is 0 Å². The van der Waals surface area contributed by atoms with Crippen LogP contribution in [0.3, 0.4) is 0 Å². The van der Waals surface area contributed by atoms with Gasteiger partial charge >= 0.3 is 6.09 Å². The fourth-order valence-electron chi connectivity index (χ4n) is 5.98. The van der Waals surface area contributed by atoms with Gasteiger partial charge in [-0.2, -0.15) is 0 Å². The lowest BCUT2D eigenvalue weighted by molar-refractivity contribution is -0.0410. The van der Waals surface area contributed by atoms with Crippen molar-refractivity contribution in [3.63, 3.8) is 0 Å². The number of likely N-dealkylation sites (tertiary alicyclic amines) is 1. The number of carbonyl (C=O) groups is 1. The van der Waals surface area contributed by atoms with Gasteiger partial charge in [-0.15, -0.1) is 0 Å². The van der Waals surface area contributed by atoms with Crippen molar-refractivity contribution < 1.29 is 19.4 Å². The number of anilines is 1. The predicted molar refractivity (Wildman–Crippen MR) is 145 cm³/mol. The number of nitrogens with zero attached hydrogens (tertiary/aromatic N) is 3. The molecule has 37 heavy (non-hydrogen) atoms. The third kappa shape index (κ3) is 4.88. The van der Waals surface area contributed by atoms with E-state index in [2.05, 4.69) is 25.7 Å². The smallest absolute Gasteiger partial charge is 0.410 e. The molecule has 1 N–H and O–H groups in total. The van der Waals surface area contributed by atoms with Gasteiger partial charge in [0, 0.05) is 49.1 Å². The molecule has 8 heteroatoms. The molecule has 5 rings (SSSR count). The quantitative estimate of drug-likeness (QED) is 0.514. The van der Waals surface area contributed by atoms with Crippen molar-refractivity contribution in [2.75, 3.05) is 31.1 Å². The molecule has 1 aromatic heterocycles. The maximum absolute atomic E-state index is 12.5. The minimum absolute atomic E-state index is 0.0583. The number of pyridine rings is 1. The zero-order valence-electron chi connectivity index (χ0n) is 23.0. The van der Waals surface area contributed by atoms with Crippen molar-refractivity contribution in [2.45, 2.75) is 79.1 Å². The van der Waals surface area contributed by atoms with Crippen LogP contribution in [0.5, 0.6) is 5.75 Å². The van der Waals surface area contributed by atoms with E-state index in [4.69, 9.17) is 26.1 Å². The summed E-state index contributed by atoms with van der Waals surface area (Å²) in [5.74, 6) is 1.15. The molecule has 0 aliphatic carbocycles. The normalized spacial score (nSPS) is 20.1. The molecule has 1 spiro atoms. The minimum Gasteiger partial charge on any atom is -0.508 e. The summed E-state index contributed by atoms with van der Waals surface area (Å²) in [6.45, 7) is 17.4. The number of aryl methyl sites for hydroxylation is 1. The number of carbonyl (C=O) groups excluding carboxylic acids is 1. The average Bonchev–Trinajstić information content (AvgIpc) is 3.19. The highest BCUT2D eigenvalue weighted by Crippen LogP contribution is 2.46. The topological polar surface area (TPSA) is 75.1 Å². The van der Waals surface area contributed by atoms with Crippen molar-refractivity contribution >= 4 is 23.5 Å². The molecule has 2 saturated heterocycles. The minimum atomic E-state index is -0.495. The zero-order chi connectivity index (χ0) is 26.9. The van der Waals surface area contributed by atoms with E-state index in [-0.39, 0.29) is 22.9 Å². The molecule has 0 radical (unpaired) electrons. The maximum Gasteiger partial charge on any atom is 0.410 e. The second-order valence-corrected chi connectivity index (χ2v) is 13.1. The van der Waals surface area contributed by atoms with Crippen LogP contribution in [0, 0.1) is 19.3 Å². The van der Waals surface area contributed by atoms with Gasteiger partial charge in [0.25, 0.3) is 0 Å². The standard InChI is InChI=1S/C29H38ClN3O4/c1-17-10-19(34)11-20(24(17)30)23-18(2)25(31-22-12-28(6,7)36-13-21(22)23)32-9-8-29(14-32)15-33(16-29)26(35)37-27(3,4)5/h10-11,34H,8-9,12-16H2,1-7H3. The number of amides is 1. The lowest BCUT2D eigenvalue weighted by Gasteiger charge is -2.47. The lowest BCUT2D eigenvalue weighted by Crippen LogP contribution is -2.60. The van der Waals surface area contributed by atoms with Gasteiger partial charge in [-0.25, -0.2) is 9.78 Å². The second-order valence-electron chi connectivity index (χ2n) is 12.7. The van der Waals surface area contributed by atoms with Crippen LogP contribution in [0.1, 0.15) is 63.4 Å². The Morgan fingerprint density at radius 1 is 1.19 bits per heavy atom. The molecule has 3 aliphatic rings. The van der Waals surface area contributed by atoms with E-state index in [1.807, 2.05) is 32.6 Å². The highest BCUT2D eigenvalue weighted by molar-refractivity contribution is 6.34. The molecule has 3 aliphatic heterocycles. The summed E-state index contributed by atoms with van der Waals surface area (Å²) in [5, 5.41) is 11.1. The molecule has 0 unspecified atom stereocenters. The number of halogens is 1. The van der Waals surface area contributed by atoms with E-state index in [1.54, 1.807) is 12.1 Å². The highest BCUT2D eigenvalue weighted by Gasteiger charge is 2.51. The molecule has 0 atom stereocenters. The lowest BCUT2D eigenvalue weighted by atomic mass is 9.79. The molecular formula is C29H38ClN3O4. The number of phenolic OH excluding ortho intramolecular Hbond substituents is 1. The second kappa shape index (κ2) is 8.77. The molecule has 1 amide bonds. The Morgan fingerprint density at radius 3 is 2.57 bits per heavy atom. The number of hydrogen-bond acceptors (Lipinski definition) is 6. The van der Waals surface area contributed by atoms with Crippen molar-refractivity contribution in [1.29, 1.82) is 0 Å². The Bertz CT molecular complexity index is 1260. The Labute approximate surface area is 224 Å². The SMILES string of the molecule is Cc1cc(O)cc(-c2c(C)c(N3CCC4(CN(C(=O)OC(C)(C)C)C4)C3)nc3c2COC(C)(C)C3)c1Cl. The first-order valence-electron chi connectivity index (χ1n) is 13.1. The summed E-state index contributed by atoms with van der Waals surface area (Å²) in [6, 6.07) is 3.43. The molecule has 200 valence electrons. The van der Waals surface area contributed by atoms with Crippen LogP contribution in [0.2, 0.25) is 5.02 Å². The van der Waals surface area contributed by atoms with Crippen LogP contribution < -0.4 is 4.90 Å². The van der Waals surface area contributed by atoms with Crippen LogP contribution in [-0.2, 0) is 22.5 Å². The number of phenols is 1.